The molecule has 6 nitrogen and oxygen atoms in total. The average Bonchev–Trinajstić information content (AvgIpc) is 3.23. The number of rotatable bonds is 12. The zero-order chi connectivity index (χ0) is 22.8. The van der Waals surface area contributed by atoms with E-state index in [1.165, 1.54) is 7.11 Å². The lowest BCUT2D eigenvalue weighted by atomic mass is 9.97. The molecule has 0 aliphatic rings. The average molecular weight is 446 g/mol. The molecular formula is C24H35N3O3S. The van der Waals surface area contributed by atoms with Crippen LogP contribution in [-0.4, -0.2) is 40.8 Å². The predicted octanol–water partition coefficient (Wildman–Crippen LogP) is 4.31. The summed E-state index contributed by atoms with van der Waals surface area (Å²) in [6.07, 6.45) is 7.58. The molecule has 170 valence electrons. The first-order valence-corrected chi connectivity index (χ1v) is 11.6. The second kappa shape index (κ2) is 12.5. The number of aromatic nitrogens is 2. The van der Waals surface area contributed by atoms with Gasteiger partial charge < -0.3 is 14.6 Å². The number of carbonyl (C=O) groups excluding carboxylic acids is 2. The molecule has 0 radical (unpaired) electrons. The summed E-state index contributed by atoms with van der Waals surface area (Å²) < 4.78 is 6.93. The van der Waals surface area contributed by atoms with Crippen LogP contribution >= 0.6 is 12.6 Å². The Morgan fingerprint density at radius 3 is 2.52 bits per heavy atom. The molecule has 7 heteroatoms. The van der Waals surface area contributed by atoms with Crippen LogP contribution in [0.25, 0.3) is 0 Å². The van der Waals surface area contributed by atoms with Crippen LogP contribution < -0.4 is 5.32 Å². The van der Waals surface area contributed by atoms with Gasteiger partial charge in [-0.15, -0.1) is 0 Å². The van der Waals surface area contributed by atoms with E-state index in [-0.39, 0.29) is 23.8 Å². The Bertz CT molecular complexity index is 833. The highest BCUT2D eigenvalue weighted by atomic mass is 32.1. The zero-order valence-corrected chi connectivity index (χ0v) is 19.9. The number of benzene rings is 1. The van der Waals surface area contributed by atoms with Gasteiger partial charge in [-0.05, 0) is 36.5 Å². The highest BCUT2D eigenvalue weighted by Crippen LogP contribution is 2.22. The van der Waals surface area contributed by atoms with Gasteiger partial charge in [-0.1, -0.05) is 39.3 Å². The van der Waals surface area contributed by atoms with Gasteiger partial charge in [-0.3, -0.25) is 4.79 Å². The maximum Gasteiger partial charge on any atom is 0.337 e. The monoisotopic (exact) mass is 445 g/mol. The van der Waals surface area contributed by atoms with E-state index in [0.29, 0.717) is 23.8 Å². The molecule has 1 aromatic heterocycles. The van der Waals surface area contributed by atoms with E-state index in [1.54, 1.807) is 18.3 Å². The van der Waals surface area contributed by atoms with Crippen molar-refractivity contribution in [3.63, 3.8) is 0 Å². The van der Waals surface area contributed by atoms with Crippen LogP contribution in [0.15, 0.2) is 36.7 Å². The highest BCUT2D eigenvalue weighted by molar-refractivity contribution is 7.80. The maximum absolute atomic E-state index is 12.8. The normalized spacial score (nSPS) is 13.1. The number of ether oxygens (including phenoxy) is 1. The SMILES string of the molecule is CCCCc1nccn1C(CNC(=O)C(CS)CC(C)C)c1ccc(C(=O)OC)cc1. The van der Waals surface area contributed by atoms with E-state index in [0.717, 1.165) is 37.1 Å². The van der Waals surface area contributed by atoms with E-state index < -0.39 is 0 Å². The van der Waals surface area contributed by atoms with Crippen molar-refractivity contribution in [1.82, 2.24) is 14.9 Å². The van der Waals surface area contributed by atoms with Crippen molar-refractivity contribution in [2.75, 3.05) is 19.4 Å². The summed E-state index contributed by atoms with van der Waals surface area (Å²) in [7, 11) is 1.37. The summed E-state index contributed by atoms with van der Waals surface area (Å²) in [4.78, 5) is 29.2. The highest BCUT2D eigenvalue weighted by Gasteiger charge is 2.22. The molecular weight excluding hydrogens is 410 g/mol. The zero-order valence-electron chi connectivity index (χ0n) is 19.0. The van der Waals surface area contributed by atoms with Gasteiger partial charge in [0.15, 0.2) is 0 Å². The van der Waals surface area contributed by atoms with Crippen LogP contribution in [0.1, 0.15) is 67.8 Å². The Hall–Kier alpha value is -2.28. The number of unbranched alkanes of at least 4 members (excludes halogenated alkanes) is 1. The molecule has 1 heterocycles. The lowest BCUT2D eigenvalue weighted by Gasteiger charge is -2.24. The van der Waals surface area contributed by atoms with Crippen molar-refractivity contribution in [2.45, 2.75) is 52.5 Å². The number of carbonyl (C=O) groups is 2. The first kappa shape index (κ1) is 25.0. The van der Waals surface area contributed by atoms with Crippen LogP contribution in [0.3, 0.4) is 0 Å². The van der Waals surface area contributed by atoms with E-state index in [1.807, 2.05) is 18.3 Å². The topological polar surface area (TPSA) is 73.2 Å². The number of nitrogens with one attached hydrogen (secondary N) is 1. The van der Waals surface area contributed by atoms with Gasteiger partial charge in [-0.25, -0.2) is 9.78 Å². The molecule has 2 rings (SSSR count). The fourth-order valence-corrected chi connectivity index (χ4v) is 3.98. The summed E-state index contributed by atoms with van der Waals surface area (Å²) in [6, 6.07) is 7.22. The molecule has 1 amide bonds. The molecule has 0 saturated carbocycles. The Balaban J connectivity index is 2.27. The molecule has 0 saturated heterocycles. The van der Waals surface area contributed by atoms with E-state index in [2.05, 4.69) is 48.3 Å². The van der Waals surface area contributed by atoms with Gasteiger partial charge in [-0.2, -0.15) is 12.6 Å². The fourth-order valence-electron chi connectivity index (χ4n) is 3.67. The number of methoxy groups -OCH3 is 1. The third-order valence-corrected chi connectivity index (χ3v) is 5.81. The Morgan fingerprint density at radius 1 is 1.23 bits per heavy atom. The largest absolute Gasteiger partial charge is 0.465 e. The third kappa shape index (κ3) is 7.13. The lowest BCUT2D eigenvalue weighted by Crippen LogP contribution is -2.37. The summed E-state index contributed by atoms with van der Waals surface area (Å²) >= 11 is 4.38. The van der Waals surface area contributed by atoms with E-state index in [9.17, 15) is 9.59 Å². The second-order valence-corrected chi connectivity index (χ2v) is 8.60. The number of imidazole rings is 1. The summed E-state index contributed by atoms with van der Waals surface area (Å²) in [6.45, 7) is 6.82. The van der Waals surface area contributed by atoms with E-state index in [4.69, 9.17) is 4.74 Å². The summed E-state index contributed by atoms with van der Waals surface area (Å²) in [5.41, 5.74) is 1.49. The Labute approximate surface area is 191 Å². The van der Waals surface area contributed by atoms with Crippen molar-refractivity contribution >= 4 is 24.5 Å². The first-order chi connectivity index (χ1) is 14.9. The van der Waals surface area contributed by atoms with Crippen molar-refractivity contribution < 1.29 is 14.3 Å². The predicted molar refractivity (Wildman–Crippen MR) is 127 cm³/mol. The van der Waals surface area contributed by atoms with Crippen LogP contribution in [0, 0.1) is 11.8 Å². The first-order valence-electron chi connectivity index (χ1n) is 11.0. The van der Waals surface area contributed by atoms with Gasteiger partial charge in [0.1, 0.15) is 5.82 Å². The van der Waals surface area contributed by atoms with Gasteiger partial charge in [0.2, 0.25) is 5.91 Å². The van der Waals surface area contributed by atoms with E-state index >= 15 is 0 Å². The van der Waals surface area contributed by atoms with Crippen LogP contribution in [-0.2, 0) is 16.0 Å². The molecule has 2 unspecified atom stereocenters. The quantitative estimate of drug-likeness (QED) is 0.377. The number of thiol groups is 1. The number of esters is 1. The second-order valence-electron chi connectivity index (χ2n) is 8.24. The summed E-state index contributed by atoms with van der Waals surface area (Å²) in [5.74, 6) is 1.48. The number of hydrogen-bond acceptors (Lipinski definition) is 5. The van der Waals surface area contributed by atoms with Crippen molar-refractivity contribution in [2.24, 2.45) is 11.8 Å². The molecule has 0 spiro atoms. The minimum Gasteiger partial charge on any atom is -0.465 e. The van der Waals surface area contributed by atoms with Crippen LogP contribution in [0.4, 0.5) is 0 Å². The van der Waals surface area contributed by atoms with Crippen molar-refractivity contribution in [1.29, 1.82) is 0 Å². The lowest BCUT2D eigenvalue weighted by molar-refractivity contribution is -0.124. The fraction of sp³-hybridized carbons (Fsp3) is 0.542. The van der Waals surface area contributed by atoms with Gasteiger partial charge in [0.25, 0.3) is 0 Å². The molecule has 0 bridgehead atoms. The minimum absolute atomic E-state index is 0.0232. The minimum atomic E-state index is -0.368. The molecule has 0 fully saturated rings. The Kier molecular flexibility index (Phi) is 10.1. The number of nitrogens with zero attached hydrogens (tertiary/aromatic N) is 2. The number of aryl methyl sites for hydroxylation is 1. The number of hydrogen-bond donors (Lipinski definition) is 2. The van der Waals surface area contributed by atoms with Gasteiger partial charge in [0.05, 0.1) is 18.7 Å². The number of amides is 1. The standard InChI is InChI=1S/C24H35N3O3S/c1-5-6-7-22-25-12-13-27(22)21(15-26-23(28)20(16-31)14-17(2)3)18-8-10-19(11-9-18)24(29)30-4/h8-13,17,20-21,31H,5-7,14-16H2,1-4H3,(H,26,28). The van der Waals surface area contributed by atoms with Crippen LogP contribution in [0.5, 0.6) is 0 Å². The molecule has 2 aromatic rings. The molecule has 2 atom stereocenters. The molecule has 1 N–H and O–H groups in total. The summed E-state index contributed by atoms with van der Waals surface area (Å²) in [5, 5.41) is 3.13. The molecule has 0 aliphatic carbocycles. The van der Waals surface area contributed by atoms with Gasteiger partial charge >= 0.3 is 5.97 Å². The third-order valence-electron chi connectivity index (χ3n) is 5.37. The molecule has 1 aromatic carbocycles. The van der Waals surface area contributed by atoms with Gasteiger partial charge in [0, 0.05) is 37.0 Å². The molecule has 31 heavy (non-hydrogen) atoms. The van der Waals surface area contributed by atoms with Crippen molar-refractivity contribution in [3.8, 4) is 0 Å². The maximum atomic E-state index is 12.8. The smallest absolute Gasteiger partial charge is 0.337 e. The van der Waals surface area contributed by atoms with Crippen molar-refractivity contribution in [3.05, 3.63) is 53.6 Å². The Morgan fingerprint density at radius 2 is 1.94 bits per heavy atom. The molecule has 0 aliphatic heterocycles. The van der Waals surface area contributed by atoms with Crippen LogP contribution in [0.2, 0.25) is 0 Å².